The summed E-state index contributed by atoms with van der Waals surface area (Å²) < 4.78 is 4.45. The number of rotatable bonds is 8. The second-order valence-electron chi connectivity index (χ2n) is 7.58. The minimum absolute atomic E-state index is 0.334. The Kier molecular flexibility index (Phi) is 12.5. The molecule has 3 atom stereocenters. The van der Waals surface area contributed by atoms with Crippen LogP contribution in [0.2, 0.25) is 0 Å². The van der Waals surface area contributed by atoms with E-state index in [4.69, 9.17) is 0 Å². The molecule has 1 N–H and O–H groups in total. The number of aliphatic hydroxyl groups is 1. The molecular formula is C24H38O3. The maximum absolute atomic E-state index is 10.7. The van der Waals surface area contributed by atoms with Gasteiger partial charge in [0, 0.05) is 12.7 Å². The molecule has 2 rings (SSSR count). The van der Waals surface area contributed by atoms with Crippen LogP contribution >= 0.6 is 0 Å². The Bertz CT molecular complexity index is 524. The molecule has 0 aliphatic heterocycles. The number of aliphatic hydroxyl groups excluding tert-OH is 1. The van der Waals surface area contributed by atoms with E-state index in [-0.39, 0.29) is 5.97 Å². The summed E-state index contributed by atoms with van der Waals surface area (Å²) in [5, 5.41) is 9.38. The highest BCUT2D eigenvalue weighted by molar-refractivity contribution is 5.86. The Labute approximate surface area is 165 Å². The summed E-state index contributed by atoms with van der Waals surface area (Å²) in [6, 6.07) is 9.59. The van der Waals surface area contributed by atoms with Crippen molar-refractivity contribution in [3.05, 3.63) is 42.0 Å². The standard InChI is InChI=1S/C14H28O.C10H10O2/c1-3-5-7-13-10-12(6-4-2)8-9-14(13)11-15;1-12-10(11)8-7-9-5-3-2-4-6-9/h12-15H,3-11H2,1-2H3;2-8H,1H3/b;8-7+. The predicted molar refractivity (Wildman–Crippen MR) is 113 cm³/mol. The van der Waals surface area contributed by atoms with Gasteiger partial charge in [0.05, 0.1) is 7.11 Å². The molecule has 27 heavy (non-hydrogen) atoms. The number of benzene rings is 1. The van der Waals surface area contributed by atoms with Crippen LogP contribution in [0.25, 0.3) is 6.08 Å². The minimum atomic E-state index is -0.334. The molecule has 1 aliphatic rings. The van der Waals surface area contributed by atoms with Gasteiger partial charge in [0.15, 0.2) is 0 Å². The lowest BCUT2D eigenvalue weighted by molar-refractivity contribution is -0.134. The van der Waals surface area contributed by atoms with Crippen molar-refractivity contribution in [3.63, 3.8) is 0 Å². The Morgan fingerprint density at radius 1 is 1.11 bits per heavy atom. The lowest BCUT2D eigenvalue weighted by Crippen LogP contribution is -2.27. The maximum Gasteiger partial charge on any atom is 0.330 e. The minimum Gasteiger partial charge on any atom is -0.466 e. The molecule has 1 saturated carbocycles. The fourth-order valence-corrected chi connectivity index (χ4v) is 3.95. The van der Waals surface area contributed by atoms with Crippen LogP contribution in [0.5, 0.6) is 0 Å². The van der Waals surface area contributed by atoms with Crippen LogP contribution in [0.15, 0.2) is 36.4 Å². The SMILES string of the molecule is CCCCC1CC(CCC)CCC1CO.COC(=O)/C=C/c1ccccc1. The smallest absolute Gasteiger partial charge is 0.330 e. The summed E-state index contributed by atoms with van der Waals surface area (Å²) in [6.07, 6.45) is 13.9. The fraction of sp³-hybridized carbons (Fsp3) is 0.625. The second-order valence-corrected chi connectivity index (χ2v) is 7.58. The molecule has 0 radical (unpaired) electrons. The number of esters is 1. The van der Waals surface area contributed by atoms with Crippen molar-refractivity contribution in [2.75, 3.05) is 13.7 Å². The van der Waals surface area contributed by atoms with Crippen LogP contribution in [0.4, 0.5) is 0 Å². The summed E-state index contributed by atoms with van der Waals surface area (Å²) in [5.74, 6) is 2.06. The lowest BCUT2D eigenvalue weighted by atomic mass is 9.71. The molecule has 0 saturated heterocycles. The van der Waals surface area contributed by atoms with Gasteiger partial charge in [0.1, 0.15) is 0 Å². The largest absolute Gasteiger partial charge is 0.466 e. The average Bonchev–Trinajstić information content (AvgIpc) is 2.72. The third-order valence-electron chi connectivity index (χ3n) is 5.52. The number of hydrogen-bond acceptors (Lipinski definition) is 3. The van der Waals surface area contributed by atoms with Gasteiger partial charge in [-0.1, -0.05) is 82.7 Å². The van der Waals surface area contributed by atoms with E-state index in [0.717, 1.165) is 17.4 Å². The number of methoxy groups -OCH3 is 1. The summed E-state index contributed by atoms with van der Waals surface area (Å²) in [7, 11) is 1.36. The Morgan fingerprint density at radius 3 is 2.44 bits per heavy atom. The predicted octanol–water partition coefficient (Wildman–Crippen LogP) is 5.87. The molecule has 0 heterocycles. The topological polar surface area (TPSA) is 46.5 Å². The van der Waals surface area contributed by atoms with Gasteiger partial charge in [0.2, 0.25) is 0 Å². The number of unbranched alkanes of at least 4 members (excludes halogenated alkanes) is 1. The summed E-state index contributed by atoms with van der Waals surface area (Å²) in [4.78, 5) is 10.7. The number of hydrogen-bond donors (Lipinski definition) is 1. The molecule has 3 unspecified atom stereocenters. The van der Waals surface area contributed by atoms with Gasteiger partial charge in [-0.15, -0.1) is 0 Å². The van der Waals surface area contributed by atoms with E-state index in [1.807, 2.05) is 30.3 Å². The van der Waals surface area contributed by atoms with Gasteiger partial charge in [-0.3, -0.25) is 0 Å². The van der Waals surface area contributed by atoms with E-state index >= 15 is 0 Å². The van der Waals surface area contributed by atoms with Crippen molar-refractivity contribution in [2.45, 2.75) is 65.2 Å². The molecule has 0 bridgehead atoms. The van der Waals surface area contributed by atoms with Gasteiger partial charge in [-0.2, -0.15) is 0 Å². The van der Waals surface area contributed by atoms with Crippen LogP contribution in [0, 0.1) is 17.8 Å². The van der Waals surface area contributed by atoms with Crippen LogP contribution in [0.3, 0.4) is 0 Å². The van der Waals surface area contributed by atoms with Gasteiger partial charge in [-0.25, -0.2) is 4.79 Å². The number of ether oxygens (including phenoxy) is 1. The summed E-state index contributed by atoms with van der Waals surface area (Å²) >= 11 is 0. The zero-order valence-electron chi connectivity index (χ0n) is 17.4. The monoisotopic (exact) mass is 374 g/mol. The van der Waals surface area contributed by atoms with E-state index in [1.54, 1.807) is 6.08 Å². The third kappa shape index (κ3) is 9.76. The molecule has 0 amide bonds. The zero-order valence-corrected chi connectivity index (χ0v) is 17.4. The number of carbonyl (C=O) groups excluding carboxylic acids is 1. The Hall–Kier alpha value is -1.61. The zero-order chi connectivity index (χ0) is 19.9. The molecule has 3 heteroatoms. The molecule has 1 aliphatic carbocycles. The lowest BCUT2D eigenvalue weighted by Gasteiger charge is -2.35. The quantitative estimate of drug-likeness (QED) is 0.457. The van der Waals surface area contributed by atoms with Gasteiger partial charge in [0.25, 0.3) is 0 Å². The first kappa shape index (κ1) is 23.4. The van der Waals surface area contributed by atoms with Crippen molar-refractivity contribution >= 4 is 12.0 Å². The molecule has 0 spiro atoms. The Balaban J connectivity index is 0.000000277. The molecule has 1 aromatic rings. The first-order valence-corrected chi connectivity index (χ1v) is 10.6. The number of carbonyl (C=O) groups is 1. The second kappa shape index (κ2) is 14.4. The van der Waals surface area contributed by atoms with E-state index < -0.39 is 0 Å². The molecule has 152 valence electrons. The van der Waals surface area contributed by atoms with E-state index in [0.29, 0.717) is 12.5 Å². The van der Waals surface area contributed by atoms with Crippen molar-refractivity contribution in [2.24, 2.45) is 17.8 Å². The first-order chi connectivity index (χ1) is 13.1. The van der Waals surface area contributed by atoms with Crippen LogP contribution in [0.1, 0.15) is 70.8 Å². The van der Waals surface area contributed by atoms with Gasteiger partial charge in [-0.05, 0) is 42.2 Å². The van der Waals surface area contributed by atoms with Crippen molar-refractivity contribution in [1.29, 1.82) is 0 Å². The molecular weight excluding hydrogens is 336 g/mol. The summed E-state index contributed by atoms with van der Waals surface area (Å²) in [6.45, 7) is 4.98. The van der Waals surface area contributed by atoms with Gasteiger partial charge < -0.3 is 9.84 Å². The summed E-state index contributed by atoms with van der Waals surface area (Å²) in [5.41, 5.74) is 0.989. The molecule has 1 aromatic carbocycles. The van der Waals surface area contributed by atoms with Gasteiger partial charge >= 0.3 is 5.97 Å². The Morgan fingerprint density at radius 2 is 1.85 bits per heavy atom. The molecule has 0 aromatic heterocycles. The van der Waals surface area contributed by atoms with Crippen LogP contribution in [-0.4, -0.2) is 24.8 Å². The fourth-order valence-electron chi connectivity index (χ4n) is 3.95. The van der Waals surface area contributed by atoms with E-state index in [2.05, 4.69) is 18.6 Å². The highest BCUT2D eigenvalue weighted by Gasteiger charge is 2.28. The molecule has 1 fully saturated rings. The molecule has 3 nitrogen and oxygen atoms in total. The van der Waals surface area contributed by atoms with Crippen molar-refractivity contribution < 1.29 is 14.6 Å². The maximum atomic E-state index is 10.7. The highest BCUT2D eigenvalue weighted by Crippen LogP contribution is 2.38. The van der Waals surface area contributed by atoms with Crippen molar-refractivity contribution in [3.8, 4) is 0 Å². The average molecular weight is 375 g/mol. The van der Waals surface area contributed by atoms with Crippen LogP contribution < -0.4 is 0 Å². The van der Waals surface area contributed by atoms with Crippen molar-refractivity contribution in [1.82, 2.24) is 0 Å². The first-order valence-electron chi connectivity index (χ1n) is 10.6. The highest BCUT2D eigenvalue weighted by atomic mass is 16.5. The third-order valence-corrected chi connectivity index (χ3v) is 5.52. The normalized spacial score (nSPS) is 22.1. The van der Waals surface area contributed by atoms with Crippen LogP contribution in [-0.2, 0) is 9.53 Å². The van der Waals surface area contributed by atoms with E-state index in [9.17, 15) is 9.90 Å². The van der Waals surface area contributed by atoms with E-state index in [1.165, 1.54) is 64.6 Å².